The number of likely N-dealkylation sites (tertiary alicyclic amines) is 1. The van der Waals surface area contributed by atoms with Crippen molar-refractivity contribution in [3.63, 3.8) is 0 Å². The van der Waals surface area contributed by atoms with Gasteiger partial charge in [-0.15, -0.1) is 0 Å². The van der Waals surface area contributed by atoms with Crippen molar-refractivity contribution in [3.8, 4) is 0 Å². The van der Waals surface area contributed by atoms with Gasteiger partial charge in [-0.1, -0.05) is 6.92 Å². The molecule has 0 aromatic rings. The average molecular weight is 271 g/mol. The number of piperidine rings is 1. The SMILES string of the molecule is CC[C@H](NC(=O)N1CCCCC1C(=O)NC)C(=O)O. The van der Waals surface area contributed by atoms with Gasteiger partial charge in [0.05, 0.1) is 0 Å². The molecule has 1 fully saturated rings. The van der Waals surface area contributed by atoms with Crippen molar-refractivity contribution in [3.05, 3.63) is 0 Å². The van der Waals surface area contributed by atoms with Crippen molar-refractivity contribution in [1.82, 2.24) is 15.5 Å². The first kappa shape index (κ1) is 15.3. The molecular formula is C12H21N3O4. The number of carboxylic acid groups (broad SMARTS) is 1. The van der Waals surface area contributed by atoms with Crippen LogP contribution < -0.4 is 10.6 Å². The lowest BCUT2D eigenvalue weighted by Gasteiger charge is -2.35. The first-order chi connectivity index (χ1) is 9.01. The number of hydrogen-bond donors (Lipinski definition) is 3. The number of carbonyl (C=O) groups is 3. The summed E-state index contributed by atoms with van der Waals surface area (Å²) in [5, 5.41) is 13.9. The molecule has 1 aliphatic heterocycles. The second kappa shape index (κ2) is 6.96. The van der Waals surface area contributed by atoms with Crippen molar-refractivity contribution in [1.29, 1.82) is 0 Å². The normalized spacial score (nSPS) is 20.5. The molecule has 19 heavy (non-hydrogen) atoms. The van der Waals surface area contributed by atoms with Gasteiger partial charge in [0.25, 0.3) is 0 Å². The monoisotopic (exact) mass is 271 g/mol. The molecule has 3 N–H and O–H groups in total. The van der Waals surface area contributed by atoms with Crippen LogP contribution in [-0.4, -0.2) is 53.6 Å². The van der Waals surface area contributed by atoms with E-state index in [1.165, 1.54) is 11.9 Å². The molecule has 0 spiro atoms. The number of amides is 3. The maximum atomic E-state index is 12.1. The Kier molecular flexibility index (Phi) is 5.59. The quantitative estimate of drug-likeness (QED) is 0.678. The van der Waals surface area contributed by atoms with Crippen LogP contribution in [0.2, 0.25) is 0 Å². The highest BCUT2D eigenvalue weighted by atomic mass is 16.4. The predicted octanol–water partition coefficient (Wildman–Crippen LogP) is 0.160. The number of likely N-dealkylation sites (N-methyl/N-ethyl adjacent to an activating group) is 1. The number of nitrogens with zero attached hydrogens (tertiary/aromatic N) is 1. The highest BCUT2D eigenvalue weighted by Gasteiger charge is 2.33. The van der Waals surface area contributed by atoms with Crippen LogP contribution in [0.1, 0.15) is 32.6 Å². The molecule has 0 aromatic heterocycles. The van der Waals surface area contributed by atoms with Crippen LogP contribution in [0.3, 0.4) is 0 Å². The van der Waals surface area contributed by atoms with Gasteiger partial charge in [-0.2, -0.15) is 0 Å². The number of carbonyl (C=O) groups excluding carboxylic acids is 2. The fourth-order valence-corrected chi connectivity index (χ4v) is 2.18. The molecule has 1 aliphatic rings. The van der Waals surface area contributed by atoms with E-state index in [9.17, 15) is 14.4 Å². The third kappa shape index (κ3) is 3.84. The van der Waals surface area contributed by atoms with E-state index < -0.39 is 24.1 Å². The first-order valence-electron chi connectivity index (χ1n) is 6.52. The molecule has 1 saturated heterocycles. The molecule has 0 saturated carbocycles. The summed E-state index contributed by atoms with van der Waals surface area (Å²) in [5.41, 5.74) is 0. The Hall–Kier alpha value is -1.79. The van der Waals surface area contributed by atoms with Gasteiger partial charge in [0.15, 0.2) is 0 Å². The Morgan fingerprint density at radius 1 is 1.37 bits per heavy atom. The first-order valence-corrected chi connectivity index (χ1v) is 6.52. The van der Waals surface area contributed by atoms with Gasteiger partial charge >= 0.3 is 12.0 Å². The van der Waals surface area contributed by atoms with Crippen molar-refractivity contribution < 1.29 is 19.5 Å². The summed E-state index contributed by atoms with van der Waals surface area (Å²) in [6, 6.07) is -1.91. The third-order valence-electron chi connectivity index (χ3n) is 3.32. The van der Waals surface area contributed by atoms with Gasteiger partial charge in [0.2, 0.25) is 5.91 Å². The summed E-state index contributed by atoms with van der Waals surface area (Å²) in [4.78, 5) is 36.1. The molecule has 0 bridgehead atoms. The van der Waals surface area contributed by atoms with Gasteiger partial charge in [0, 0.05) is 13.6 Å². The maximum absolute atomic E-state index is 12.1. The third-order valence-corrected chi connectivity index (χ3v) is 3.32. The minimum absolute atomic E-state index is 0.210. The number of aliphatic carboxylic acids is 1. The second-order valence-electron chi connectivity index (χ2n) is 4.57. The van der Waals surface area contributed by atoms with Crippen LogP contribution in [0.5, 0.6) is 0 Å². The standard InChI is InChI=1S/C12H21N3O4/c1-3-8(11(17)18)14-12(19)15-7-5-4-6-9(15)10(16)13-2/h8-9H,3-7H2,1-2H3,(H,13,16)(H,14,19)(H,17,18)/t8-,9?/m0/s1. The van der Waals surface area contributed by atoms with Gasteiger partial charge in [-0.3, -0.25) is 4.79 Å². The van der Waals surface area contributed by atoms with Crippen LogP contribution >= 0.6 is 0 Å². The highest BCUT2D eigenvalue weighted by molar-refractivity contribution is 5.88. The largest absolute Gasteiger partial charge is 0.480 e. The van der Waals surface area contributed by atoms with Crippen molar-refractivity contribution >= 4 is 17.9 Å². The van der Waals surface area contributed by atoms with E-state index >= 15 is 0 Å². The topological polar surface area (TPSA) is 98.7 Å². The average Bonchev–Trinajstić information content (AvgIpc) is 2.43. The van der Waals surface area contributed by atoms with Crippen LogP contribution in [0, 0.1) is 0 Å². The van der Waals surface area contributed by atoms with Crippen LogP contribution in [0.4, 0.5) is 4.79 Å². The zero-order chi connectivity index (χ0) is 14.4. The lowest BCUT2D eigenvalue weighted by Crippen LogP contribution is -2.56. The summed E-state index contributed by atoms with van der Waals surface area (Å²) >= 11 is 0. The molecule has 0 aromatic carbocycles. The smallest absolute Gasteiger partial charge is 0.326 e. The van der Waals surface area contributed by atoms with Gasteiger partial charge in [-0.25, -0.2) is 9.59 Å². The number of hydrogen-bond acceptors (Lipinski definition) is 3. The molecule has 1 unspecified atom stereocenters. The molecule has 2 atom stereocenters. The zero-order valence-electron chi connectivity index (χ0n) is 11.3. The minimum Gasteiger partial charge on any atom is -0.480 e. The van der Waals surface area contributed by atoms with Crippen LogP contribution in [0.15, 0.2) is 0 Å². The number of carboxylic acids is 1. The van der Waals surface area contributed by atoms with Crippen LogP contribution in [0.25, 0.3) is 0 Å². The minimum atomic E-state index is -1.07. The molecule has 7 nitrogen and oxygen atoms in total. The molecule has 0 aliphatic carbocycles. The summed E-state index contributed by atoms with van der Waals surface area (Å²) in [6.07, 6.45) is 2.62. The van der Waals surface area contributed by atoms with E-state index in [2.05, 4.69) is 10.6 Å². The zero-order valence-corrected chi connectivity index (χ0v) is 11.3. The maximum Gasteiger partial charge on any atom is 0.326 e. The van der Waals surface area contributed by atoms with Gasteiger partial charge < -0.3 is 20.6 Å². The summed E-state index contributed by atoms with van der Waals surface area (Å²) in [6.45, 7) is 2.16. The summed E-state index contributed by atoms with van der Waals surface area (Å²) in [5.74, 6) is -1.28. The molecule has 1 rings (SSSR count). The van der Waals surface area contributed by atoms with Crippen LogP contribution in [-0.2, 0) is 9.59 Å². The molecule has 1 heterocycles. The number of rotatable bonds is 4. The summed E-state index contributed by atoms with van der Waals surface area (Å²) < 4.78 is 0. The lowest BCUT2D eigenvalue weighted by atomic mass is 10.0. The van der Waals surface area contributed by atoms with E-state index in [1.54, 1.807) is 6.92 Å². The van der Waals surface area contributed by atoms with Crippen molar-refractivity contribution in [2.45, 2.75) is 44.7 Å². The number of nitrogens with one attached hydrogen (secondary N) is 2. The molecule has 7 heteroatoms. The van der Waals surface area contributed by atoms with Crippen molar-refractivity contribution in [2.24, 2.45) is 0 Å². The van der Waals surface area contributed by atoms with Crippen molar-refractivity contribution in [2.75, 3.05) is 13.6 Å². The van der Waals surface area contributed by atoms with E-state index in [0.29, 0.717) is 19.4 Å². The Labute approximate surface area is 112 Å². The highest BCUT2D eigenvalue weighted by Crippen LogP contribution is 2.17. The molecule has 108 valence electrons. The molecule has 0 radical (unpaired) electrons. The van der Waals surface area contributed by atoms with Gasteiger partial charge in [0.1, 0.15) is 12.1 Å². The van der Waals surface area contributed by atoms with Gasteiger partial charge in [-0.05, 0) is 25.7 Å². The van der Waals surface area contributed by atoms with E-state index in [0.717, 1.165) is 12.8 Å². The fourth-order valence-electron chi connectivity index (χ4n) is 2.18. The predicted molar refractivity (Wildman–Crippen MR) is 68.7 cm³/mol. The van der Waals surface area contributed by atoms with E-state index in [4.69, 9.17) is 5.11 Å². The second-order valence-corrected chi connectivity index (χ2v) is 4.57. The summed E-state index contributed by atoms with van der Waals surface area (Å²) in [7, 11) is 1.53. The fraction of sp³-hybridized carbons (Fsp3) is 0.750. The Balaban J connectivity index is 2.71. The lowest BCUT2D eigenvalue weighted by molar-refractivity contribution is -0.139. The number of urea groups is 1. The Morgan fingerprint density at radius 2 is 2.05 bits per heavy atom. The Bertz CT molecular complexity index is 359. The molecular weight excluding hydrogens is 250 g/mol. The molecule has 3 amide bonds. The van der Waals surface area contributed by atoms with E-state index in [1.807, 2.05) is 0 Å². The Morgan fingerprint density at radius 3 is 2.58 bits per heavy atom. The van der Waals surface area contributed by atoms with E-state index in [-0.39, 0.29) is 5.91 Å².